The Balaban J connectivity index is 2.21. The average molecular weight is 236 g/mol. The summed E-state index contributed by atoms with van der Waals surface area (Å²) in [6, 6.07) is 8.04. The van der Waals surface area contributed by atoms with E-state index < -0.39 is 10.7 Å². The van der Waals surface area contributed by atoms with Crippen LogP contribution in [0.4, 0.5) is 0 Å². The van der Waals surface area contributed by atoms with Crippen LogP contribution in [-0.2, 0) is 4.79 Å². The molecule has 1 aliphatic rings. The first-order valence-corrected chi connectivity index (χ1v) is 6.33. The van der Waals surface area contributed by atoms with E-state index in [1.165, 1.54) is 17.3 Å². The summed E-state index contributed by atoms with van der Waals surface area (Å²) in [4.78, 5) is 12.4. The predicted octanol–water partition coefficient (Wildman–Crippen LogP) is 3.34. The molecule has 3 heteroatoms. The molecule has 2 nitrogen and oxygen atoms in total. The smallest absolute Gasteiger partial charge is 0.320 e. The van der Waals surface area contributed by atoms with Crippen molar-refractivity contribution in [3.8, 4) is 0 Å². The molecule has 0 amide bonds. The largest absolute Gasteiger partial charge is 0.480 e. The van der Waals surface area contributed by atoms with Crippen LogP contribution in [0.2, 0.25) is 0 Å². The molecule has 0 heterocycles. The van der Waals surface area contributed by atoms with E-state index in [0.717, 1.165) is 17.7 Å². The van der Waals surface area contributed by atoms with Gasteiger partial charge < -0.3 is 5.11 Å². The first kappa shape index (κ1) is 11.5. The molecule has 1 N–H and O–H groups in total. The van der Waals surface area contributed by atoms with Gasteiger partial charge in [-0.05, 0) is 44.7 Å². The Labute approximate surface area is 100 Å². The Morgan fingerprint density at radius 3 is 2.69 bits per heavy atom. The number of aryl methyl sites for hydroxylation is 1. The highest BCUT2D eigenvalue weighted by Crippen LogP contribution is 2.50. The molecule has 16 heavy (non-hydrogen) atoms. The van der Waals surface area contributed by atoms with Gasteiger partial charge in [0.2, 0.25) is 0 Å². The standard InChI is InChI=1S/C13H16O2S/c1-9-4-3-5-11(8-9)16-13(2,12(14)15)10-6-7-10/h3-5,8,10H,6-7H2,1-2H3,(H,14,15). The van der Waals surface area contributed by atoms with Crippen LogP contribution >= 0.6 is 11.8 Å². The van der Waals surface area contributed by atoms with Gasteiger partial charge in [-0.1, -0.05) is 17.7 Å². The normalized spacial score (nSPS) is 19.1. The Kier molecular flexibility index (Phi) is 2.98. The molecule has 0 radical (unpaired) electrons. The average Bonchev–Trinajstić information content (AvgIpc) is 3.00. The van der Waals surface area contributed by atoms with Crippen LogP contribution < -0.4 is 0 Å². The second kappa shape index (κ2) is 4.13. The highest BCUT2D eigenvalue weighted by molar-refractivity contribution is 8.01. The summed E-state index contributed by atoms with van der Waals surface area (Å²) in [6.07, 6.45) is 2.09. The number of thioether (sulfide) groups is 1. The maximum absolute atomic E-state index is 11.4. The van der Waals surface area contributed by atoms with Crippen molar-refractivity contribution in [2.24, 2.45) is 5.92 Å². The maximum Gasteiger partial charge on any atom is 0.320 e. The zero-order valence-corrected chi connectivity index (χ0v) is 10.4. The van der Waals surface area contributed by atoms with E-state index in [1.807, 2.05) is 38.1 Å². The monoisotopic (exact) mass is 236 g/mol. The fourth-order valence-electron chi connectivity index (χ4n) is 1.86. The van der Waals surface area contributed by atoms with Crippen LogP contribution in [-0.4, -0.2) is 15.8 Å². The summed E-state index contributed by atoms with van der Waals surface area (Å²) >= 11 is 1.48. The van der Waals surface area contributed by atoms with Crippen molar-refractivity contribution in [2.45, 2.75) is 36.3 Å². The third-order valence-electron chi connectivity index (χ3n) is 3.10. The number of rotatable bonds is 4. The van der Waals surface area contributed by atoms with E-state index in [1.54, 1.807) is 0 Å². The second-order valence-electron chi connectivity index (χ2n) is 4.61. The van der Waals surface area contributed by atoms with Gasteiger partial charge in [0.1, 0.15) is 4.75 Å². The van der Waals surface area contributed by atoms with E-state index in [4.69, 9.17) is 0 Å². The minimum atomic E-state index is -0.693. The molecule has 0 spiro atoms. The lowest BCUT2D eigenvalue weighted by Crippen LogP contribution is -2.33. The minimum absolute atomic E-state index is 0.329. The summed E-state index contributed by atoms with van der Waals surface area (Å²) < 4.78 is -0.659. The number of carboxylic acid groups (broad SMARTS) is 1. The van der Waals surface area contributed by atoms with Crippen LogP contribution in [0.15, 0.2) is 29.2 Å². The van der Waals surface area contributed by atoms with Crippen molar-refractivity contribution in [3.05, 3.63) is 29.8 Å². The zero-order valence-electron chi connectivity index (χ0n) is 9.56. The third-order valence-corrected chi connectivity index (χ3v) is 4.52. The highest BCUT2D eigenvalue weighted by atomic mass is 32.2. The van der Waals surface area contributed by atoms with Crippen LogP contribution in [0, 0.1) is 12.8 Å². The van der Waals surface area contributed by atoms with Gasteiger partial charge in [0.25, 0.3) is 0 Å². The van der Waals surface area contributed by atoms with E-state index in [9.17, 15) is 9.90 Å². The van der Waals surface area contributed by atoms with Crippen molar-refractivity contribution < 1.29 is 9.90 Å². The van der Waals surface area contributed by atoms with E-state index in [0.29, 0.717) is 5.92 Å². The van der Waals surface area contributed by atoms with Gasteiger partial charge in [-0.15, -0.1) is 11.8 Å². The van der Waals surface area contributed by atoms with Crippen molar-refractivity contribution in [2.75, 3.05) is 0 Å². The Hall–Kier alpha value is -0.960. The Bertz CT molecular complexity index is 412. The second-order valence-corrected chi connectivity index (χ2v) is 6.13. The summed E-state index contributed by atoms with van der Waals surface area (Å²) in [5.41, 5.74) is 1.17. The van der Waals surface area contributed by atoms with E-state index in [2.05, 4.69) is 0 Å². The maximum atomic E-state index is 11.4. The highest BCUT2D eigenvalue weighted by Gasteiger charge is 2.48. The summed E-state index contributed by atoms with van der Waals surface area (Å²) in [5.74, 6) is -0.364. The lowest BCUT2D eigenvalue weighted by molar-refractivity contribution is -0.139. The quantitative estimate of drug-likeness (QED) is 0.815. The lowest BCUT2D eigenvalue weighted by atomic mass is 10.1. The lowest BCUT2D eigenvalue weighted by Gasteiger charge is -2.23. The number of aliphatic carboxylic acids is 1. The van der Waals surface area contributed by atoms with E-state index >= 15 is 0 Å². The molecule has 2 rings (SSSR count). The van der Waals surface area contributed by atoms with Crippen LogP contribution in [0.3, 0.4) is 0 Å². The van der Waals surface area contributed by atoms with Gasteiger partial charge >= 0.3 is 5.97 Å². The number of carbonyl (C=O) groups is 1. The molecule has 86 valence electrons. The number of hydrogen-bond donors (Lipinski definition) is 1. The van der Waals surface area contributed by atoms with Gasteiger partial charge in [0, 0.05) is 4.90 Å². The molecule has 0 bridgehead atoms. The van der Waals surface area contributed by atoms with Gasteiger partial charge in [-0.3, -0.25) is 4.79 Å². The molecular weight excluding hydrogens is 220 g/mol. The molecule has 1 atom stereocenters. The molecular formula is C13H16O2S. The summed E-state index contributed by atoms with van der Waals surface area (Å²) in [5, 5.41) is 9.35. The molecule has 1 saturated carbocycles. The fourth-order valence-corrected chi connectivity index (χ4v) is 3.23. The minimum Gasteiger partial charge on any atom is -0.480 e. The molecule has 1 fully saturated rings. The molecule has 1 aromatic carbocycles. The van der Waals surface area contributed by atoms with Gasteiger partial charge in [0.15, 0.2) is 0 Å². The van der Waals surface area contributed by atoms with Crippen LogP contribution in [0.25, 0.3) is 0 Å². The third kappa shape index (κ3) is 2.24. The molecule has 0 saturated heterocycles. The van der Waals surface area contributed by atoms with Crippen molar-refractivity contribution in [3.63, 3.8) is 0 Å². The topological polar surface area (TPSA) is 37.3 Å². The molecule has 1 unspecified atom stereocenters. The van der Waals surface area contributed by atoms with E-state index in [-0.39, 0.29) is 0 Å². The van der Waals surface area contributed by atoms with Gasteiger partial charge in [0.05, 0.1) is 0 Å². The number of carboxylic acids is 1. The number of benzene rings is 1. The van der Waals surface area contributed by atoms with Crippen LogP contribution in [0.1, 0.15) is 25.3 Å². The molecule has 1 aliphatic carbocycles. The van der Waals surface area contributed by atoms with Crippen molar-refractivity contribution >= 4 is 17.7 Å². The predicted molar refractivity (Wildman–Crippen MR) is 65.8 cm³/mol. The SMILES string of the molecule is Cc1cccc(SC(C)(C(=O)O)C2CC2)c1. The first-order chi connectivity index (χ1) is 7.52. The first-order valence-electron chi connectivity index (χ1n) is 5.51. The summed E-state index contributed by atoms with van der Waals surface area (Å²) in [7, 11) is 0. The number of hydrogen-bond acceptors (Lipinski definition) is 2. The van der Waals surface area contributed by atoms with Crippen LogP contribution in [0.5, 0.6) is 0 Å². The Morgan fingerprint density at radius 2 is 2.19 bits per heavy atom. The Morgan fingerprint density at radius 1 is 1.50 bits per heavy atom. The zero-order chi connectivity index (χ0) is 11.8. The van der Waals surface area contributed by atoms with Gasteiger partial charge in [-0.25, -0.2) is 0 Å². The van der Waals surface area contributed by atoms with Crippen molar-refractivity contribution in [1.29, 1.82) is 0 Å². The molecule has 0 aliphatic heterocycles. The summed E-state index contributed by atoms with van der Waals surface area (Å²) in [6.45, 7) is 3.87. The van der Waals surface area contributed by atoms with Gasteiger partial charge in [-0.2, -0.15) is 0 Å². The molecule has 1 aromatic rings. The molecule has 0 aromatic heterocycles. The van der Waals surface area contributed by atoms with Crippen molar-refractivity contribution in [1.82, 2.24) is 0 Å². The fraction of sp³-hybridized carbons (Fsp3) is 0.462.